The number of aromatic nitrogens is 1. The monoisotopic (exact) mass is 293 g/mol. The Bertz CT molecular complexity index is 649. The first kappa shape index (κ1) is 14.1. The summed E-state index contributed by atoms with van der Waals surface area (Å²) in [6, 6.07) is 8.35. The molecule has 2 rings (SSSR count). The second kappa shape index (κ2) is 5.75. The molecule has 1 aromatic carbocycles. The van der Waals surface area contributed by atoms with Crippen LogP contribution in [0.15, 0.2) is 36.5 Å². The molecule has 0 spiro atoms. The van der Waals surface area contributed by atoms with E-state index in [1.165, 1.54) is 6.20 Å². The van der Waals surface area contributed by atoms with Gasteiger partial charge >= 0.3 is 5.82 Å². The van der Waals surface area contributed by atoms with Crippen LogP contribution in [-0.2, 0) is 0 Å². The minimum Gasteiger partial charge on any atom is -0.497 e. The number of nitro groups is 1. The van der Waals surface area contributed by atoms with Gasteiger partial charge in [-0.05, 0) is 34.2 Å². The van der Waals surface area contributed by atoms with E-state index in [-0.39, 0.29) is 5.82 Å². The maximum atomic E-state index is 11.0. The van der Waals surface area contributed by atoms with Crippen molar-refractivity contribution >= 4 is 28.8 Å². The van der Waals surface area contributed by atoms with Crippen molar-refractivity contribution < 1.29 is 9.66 Å². The first-order valence-corrected chi connectivity index (χ1v) is 6.09. The number of pyridine rings is 1. The number of anilines is 2. The van der Waals surface area contributed by atoms with E-state index in [9.17, 15) is 10.1 Å². The van der Waals surface area contributed by atoms with Crippen molar-refractivity contribution in [2.24, 2.45) is 0 Å². The Labute approximate surface area is 120 Å². The highest BCUT2D eigenvalue weighted by molar-refractivity contribution is 6.33. The molecule has 0 atom stereocenters. The van der Waals surface area contributed by atoms with Crippen LogP contribution in [-0.4, -0.2) is 24.1 Å². The van der Waals surface area contributed by atoms with E-state index in [2.05, 4.69) is 4.98 Å². The third-order valence-corrected chi connectivity index (χ3v) is 3.13. The lowest BCUT2D eigenvalue weighted by Gasteiger charge is -2.20. The predicted octanol–water partition coefficient (Wildman–Crippen LogP) is 3.42. The summed E-state index contributed by atoms with van der Waals surface area (Å²) in [7, 11) is 3.23. The van der Waals surface area contributed by atoms with Gasteiger partial charge in [-0.1, -0.05) is 11.6 Å². The highest BCUT2D eigenvalue weighted by atomic mass is 35.5. The quantitative estimate of drug-likeness (QED) is 0.638. The molecule has 2 aromatic rings. The number of nitrogens with zero attached hydrogens (tertiary/aromatic N) is 3. The zero-order chi connectivity index (χ0) is 14.7. The number of methoxy groups -OCH3 is 1. The van der Waals surface area contributed by atoms with Gasteiger partial charge in [0, 0.05) is 13.1 Å². The smallest absolute Gasteiger partial charge is 0.387 e. The fourth-order valence-electron chi connectivity index (χ4n) is 1.80. The number of rotatable bonds is 4. The molecule has 0 radical (unpaired) electrons. The highest BCUT2D eigenvalue weighted by Gasteiger charge is 2.20. The summed E-state index contributed by atoms with van der Waals surface area (Å²) in [5.74, 6) is 0.386. The number of ether oxygens (including phenoxy) is 1. The van der Waals surface area contributed by atoms with E-state index in [0.29, 0.717) is 22.1 Å². The van der Waals surface area contributed by atoms with Crippen molar-refractivity contribution in [3.63, 3.8) is 0 Å². The summed E-state index contributed by atoms with van der Waals surface area (Å²) < 4.78 is 5.14. The highest BCUT2D eigenvalue weighted by Crippen LogP contribution is 2.36. The molecular formula is C13H12ClN3O3. The molecule has 0 bridgehead atoms. The molecule has 20 heavy (non-hydrogen) atoms. The van der Waals surface area contributed by atoms with Gasteiger partial charge in [-0.15, -0.1) is 0 Å². The van der Waals surface area contributed by atoms with E-state index in [1.807, 2.05) is 0 Å². The largest absolute Gasteiger partial charge is 0.497 e. The summed E-state index contributed by atoms with van der Waals surface area (Å²) in [6.07, 6.45) is 1.38. The normalized spacial score (nSPS) is 10.2. The average Bonchev–Trinajstić information content (AvgIpc) is 2.47. The molecule has 0 saturated heterocycles. The Balaban J connectivity index is 2.51. The second-order valence-corrected chi connectivity index (χ2v) is 4.39. The van der Waals surface area contributed by atoms with Gasteiger partial charge in [0.2, 0.25) is 0 Å². The van der Waals surface area contributed by atoms with Crippen molar-refractivity contribution in [3.8, 4) is 5.75 Å². The lowest BCUT2D eigenvalue weighted by atomic mass is 10.2. The predicted molar refractivity (Wildman–Crippen MR) is 77.0 cm³/mol. The van der Waals surface area contributed by atoms with Crippen LogP contribution in [0.4, 0.5) is 17.2 Å². The van der Waals surface area contributed by atoms with Crippen molar-refractivity contribution in [2.75, 3.05) is 19.1 Å². The van der Waals surface area contributed by atoms with Gasteiger partial charge in [0.15, 0.2) is 0 Å². The third kappa shape index (κ3) is 2.65. The Kier molecular flexibility index (Phi) is 4.05. The molecule has 0 aliphatic heterocycles. The van der Waals surface area contributed by atoms with Crippen LogP contribution >= 0.6 is 11.6 Å². The number of hydrogen-bond acceptors (Lipinski definition) is 5. The fourth-order valence-corrected chi connectivity index (χ4v) is 2.04. The summed E-state index contributed by atoms with van der Waals surface area (Å²) in [5.41, 5.74) is 0.953. The molecule has 0 unspecified atom stereocenters. The second-order valence-electron chi connectivity index (χ2n) is 3.98. The molecule has 104 valence electrons. The first-order chi connectivity index (χ1) is 9.54. The van der Waals surface area contributed by atoms with E-state index in [0.717, 1.165) is 0 Å². The number of halogens is 1. The SMILES string of the molecule is COc1ccc(Cl)c(N(C)c2cccnc2[N+](=O)[O-])c1. The van der Waals surface area contributed by atoms with Gasteiger partial charge in [-0.3, -0.25) is 0 Å². The van der Waals surface area contributed by atoms with Crippen LogP contribution in [0, 0.1) is 10.1 Å². The van der Waals surface area contributed by atoms with Gasteiger partial charge in [0.25, 0.3) is 0 Å². The van der Waals surface area contributed by atoms with Crippen LogP contribution in [0.25, 0.3) is 0 Å². The summed E-state index contributed by atoms with van der Waals surface area (Å²) in [4.78, 5) is 15.9. The summed E-state index contributed by atoms with van der Waals surface area (Å²) in [6.45, 7) is 0. The molecule has 1 aromatic heterocycles. The molecule has 0 saturated carbocycles. The van der Waals surface area contributed by atoms with E-state index in [4.69, 9.17) is 16.3 Å². The van der Waals surface area contributed by atoms with Crippen molar-refractivity contribution in [3.05, 3.63) is 51.7 Å². The average molecular weight is 294 g/mol. The Morgan fingerprint density at radius 1 is 1.35 bits per heavy atom. The standard InChI is InChI=1S/C13H12ClN3O3/c1-16(11-4-3-7-15-13(11)17(18)19)12-8-9(20-2)5-6-10(12)14/h3-8H,1-2H3. The molecule has 7 heteroatoms. The fraction of sp³-hybridized carbons (Fsp3) is 0.154. The third-order valence-electron chi connectivity index (χ3n) is 2.82. The molecule has 0 aliphatic carbocycles. The molecular weight excluding hydrogens is 282 g/mol. The Hall–Kier alpha value is -2.34. The van der Waals surface area contributed by atoms with Crippen molar-refractivity contribution in [1.82, 2.24) is 4.98 Å². The lowest BCUT2D eigenvalue weighted by molar-refractivity contribution is -0.388. The lowest BCUT2D eigenvalue weighted by Crippen LogP contribution is -2.12. The van der Waals surface area contributed by atoms with Gasteiger partial charge in [0.1, 0.15) is 17.6 Å². The van der Waals surface area contributed by atoms with E-state index in [1.54, 1.807) is 49.4 Å². The van der Waals surface area contributed by atoms with E-state index >= 15 is 0 Å². The van der Waals surface area contributed by atoms with Gasteiger partial charge < -0.3 is 19.8 Å². The maximum absolute atomic E-state index is 11.0. The zero-order valence-electron chi connectivity index (χ0n) is 10.9. The van der Waals surface area contributed by atoms with Crippen LogP contribution in [0.2, 0.25) is 5.02 Å². The number of benzene rings is 1. The Morgan fingerprint density at radius 3 is 2.75 bits per heavy atom. The first-order valence-electron chi connectivity index (χ1n) is 5.71. The minimum atomic E-state index is -0.528. The number of hydrogen-bond donors (Lipinski definition) is 0. The van der Waals surface area contributed by atoms with Gasteiger partial charge in [-0.25, -0.2) is 0 Å². The molecule has 0 fully saturated rings. The van der Waals surface area contributed by atoms with Gasteiger partial charge in [-0.2, -0.15) is 0 Å². The van der Waals surface area contributed by atoms with Crippen LogP contribution < -0.4 is 9.64 Å². The zero-order valence-corrected chi connectivity index (χ0v) is 11.7. The van der Waals surface area contributed by atoms with Crippen molar-refractivity contribution in [1.29, 1.82) is 0 Å². The maximum Gasteiger partial charge on any atom is 0.387 e. The van der Waals surface area contributed by atoms with Crippen LogP contribution in [0.5, 0.6) is 5.75 Å². The molecule has 6 nitrogen and oxygen atoms in total. The molecule has 1 heterocycles. The van der Waals surface area contributed by atoms with Crippen molar-refractivity contribution in [2.45, 2.75) is 0 Å². The summed E-state index contributed by atoms with van der Waals surface area (Å²) in [5, 5.41) is 11.5. The topological polar surface area (TPSA) is 68.5 Å². The van der Waals surface area contributed by atoms with Crippen LogP contribution in [0.3, 0.4) is 0 Å². The Morgan fingerprint density at radius 2 is 2.10 bits per heavy atom. The molecule has 0 aliphatic rings. The van der Waals surface area contributed by atoms with Crippen LogP contribution in [0.1, 0.15) is 0 Å². The van der Waals surface area contributed by atoms with Gasteiger partial charge in [0.05, 0.1) is 17.8 Å². The van der Waals surface area contributed by atoms with E-state index < -0.39 is 4.92 Å². The minimum absolute atomic E-state index is 0.228. The summed E-state index contributed by atoms with van der Waals surface area (Å²) >= 11 is 6.14. The molecule has 0 N–H and O–H groups in total. The molecule has 0 amide bonds.